The Morgan fingerprint density at radius 2 is 1.89 bits per heavy atom. The highest BCUT2D eigenvalue weighted by molar-refractivity contribution is 5.79. The second-order valence-corrected chi connectivity index (χ2v) is 6.89. The van der Waals surface area contributed by atoms with E-state index < -0.39 is 0 Å². The molecule has 0 aliphatic rings. The number of hydrogen-bond donors (Lipinski definition) is 1. The molecule has 6 nitrogen and oxygen atoms in total. The van der Waals surface area contributed by atoms with Gasteiger partial charge in [0.15, 0.2) is 0 Å². The van der Waals surface area contributed by atoms with E-state index in [1.54, 1.807) is 23.1 Å². The molecule has 146 valence electrons. The van der Waals surface area contributed by atoms with Gasteiger partial charge in [-0.05, 0) is 36.6 Å². The molecule has 1 aromatic heterocycles. The van der Waals surface area contributed by atoms with E-state index in [0.717, 1.165) is 11.1 Å². The average molecular weight is 379 g/mol. The molecule has 3 rings (SSSR count). The maximum Gasteiger partial charge on any atom is 0.261 e. The Morgan fingerprint density at radius 1 is 1.18 bits per heavy atom. The maximum atomic E-state index is 13.1. The molecule has 0 saturated carbocycles. The summed E-state index contributed by atoms with van der Waals surface area (Å²) in [6, 6.07) is 14.6. The van der Waals surface area contributed by atoms with Crippen LogP contribution >= 0.6 is 0 Å². The van der Waals surface area contributed by atoms with Crippen molar-refractivity contribution in [3.05, 3.63) is 76.3 Å². The molecular weight excluding hydrogens is 354 g/mol. The van der Waals surface area contributed by atoms with Crippen molar-refractivity contribution < 1.29 is 9.90 Å². The van der Waals surface area contributed by atoms with Crippen LogP contribution in [-0.2, 0) is 17.9 Å². The van der Waals surface area contributed by atoms with E-state index in [9.17, 15) is 14.7 Å². The first kappa shape index (κ1) is 19.8. The monoisotopic (exact) mass is 379 g/mol. The second kappa shape index (κ2) is 8.80. The predicted octanol–water partition coefficient (Wildman–Crippen LogP) is 2.50. The van der Waals surface area contributed by atoms with Crippen LogP contribution in [0.4, 0.5) is 0 Å². The number of aliphatic hydroxyl groups excluding tert-OH is 1. The van der Waals surface area contributed by atoms with Crippen molar-refractivity contribution in [2.75, 3.05) is 6.61 Å². The van der Waals surface area contributed by atoms with Crippen LogP contribution in [0, 0.1) is 6.92 Å². The lowest BCUT2D eigenvalue weighted by atomic mass is 10.1. The van der Waals surface area contributed by atoms with Gasteiger partial charge in [0.2, 0.25) is 5.91 Å². The molecule has 0 aliphatic heterocycles. The molecule has 6 heteroatoms. The van der Waals surface area contributed by atoms with Crippen LogP contribution in [0.3, 0.4) is 0 Å². The summed E-state index contributed by atoms with van der Waals surface area (Å²) in [6.07, 6.45) is 2.04. The van der Waals surface area contributed by atoms with Crippen LogP contribution in [-0.4, -0.2) is 38.1 Å². The zero-order valence-electron chi connectivity index (χ0n) is 16.2. The summed E-state index contributed by atoms with van der Waals surface area (Å²) < 4.78 is 1.33. The topological polar surface area (TPSA) is 75.4 Å². The van der Waals surface area contributed by atoms with E-state index in [-0.39, 0.29) is 30.7 Å². The van der Waals surface area contributed by atoms with Gasteiger partial charge in [-0.2, -0.15) is 0 Å². The van der Waals surface area contributed by atoms with Gasteiger partial charge in [-0.25, -0.2) is 4.98 Å². The van der Waals surface area contributed by atoms with Crippen LogP contribution in [0.5, 0.6) is 0 Å². The number of carbonyl (C=O) groups is 1. The number of rotatable bonds is 7. The number of aliphatic hydroxyl groups is 1. The largest absolute Gasteiger partial charge is 0.394 e. The van der Waals surface area contributed by atoms with Crippen molar-refractivity contribution in [2.45, 2.75) is 39.4 Å². The van der Waals surface area contributed by atoms with Gasteiger partial charge in [0.25, 0.3) is 5.56 Å². The normalized spacial score (nSPS) is 12.1. The van der Waals surface area contributed by atoms with Crippen LogP contribution in [0.1, 0.15) is 24.5 Å². The highest BCUT2D eigenvalue weighted by Gasteiger charge is 2.23. The Hall–Kier alpha value is -2.99. The quantitative estimate of drug-likeness (QED) is 0.684. The van der Waals surface area contributed by atoms with Crippen LogP contribution < -0.4 is 5.56 Å². The first-order chi connectivity index (χ1) is 13.5. The fourth-order valence-corrected chi connectivity index (χ4v) is 3.30. The fraction of sp³-hybridized carbons (Fsp3) is 0.318. The van der Waals surface area contributed by atoms with E-state index in [2.05, 4.69) is 4.98 Å². The third-order valence-electron chi connectivity index (χ3n) is 5.08. The van der Waals surface area contributed by atoms with Gasteiger partial charge in [0.1, 0.15) is 6.54 Å². The van der Waals surface area contributed by atoms with Gasteiger partial charge < -0.3 is 10.0 Å². The summed E-state index contributed by atoms with van der Waals surface area (Å²) in [7, 11) is 0. The molecule has 2 aromatic carbocycles. The fourth-order valence-electron chi connectivity index (χ4n) is 3.30. The van der Waals surface area contributed by atoms with E-state index in [1.165, 1.54) is 10.9 Å². The molecule has 1 N–H and O–H groups in total. The summed E-state index contributed by atoms with van der Waals surface area (Å²) >= 11 is 0. The highest BCUT2D eigenvalue weighted by Crippen LogP contribution is 2.15. The Bertz CT molecular complexity index is 1020. The maximum absolute atomic E-state index is 13.1. The number of hydrogen-bond acceptors (Lipinski definition) is 4. The number of para-hydroxylation sites is 1. The van der Waals surface area contributed by atoms with Crippen molar-refractivity contribution in [1.82, 2.24) is 14.5 Å². The second-order valence-electron chi connectivity index (χ2n) is 6.89. The molecule has 0 spiro atoms. The van der Waals surface area contributed by atoms with E-state index in [0.29, 0.717) is 23.9 Å². The minimum Gasteiger partial charge on any atom is -0.394 e. The Balaban J connectivity index is 1.90. The summed E-state index contributed by atoms with van der Waals surface area (Å²) in [5.74, 6) is -0.219. The first-order valence-electron chi connectivity index (χ1n) is 9.44. The molecule has 1 heterocycles. The lowest BCUT2D eigenvalue weighted by molar-refractivity contribution is -0.136. The molecule has 0 radical (unpaired) electrons. The Kier molecular flexibility index (Phi) is 6.21. The smallest absolute Gasteiger partial charge is 0.261 e. The van der Waals surface area contributed by atoms with Gasteiger partial charge in [0, 0.05) is 6.54 Å². The van der Waals surface area contributed by atoms with Gasteiger partial charge >= 0.3 is 0 Å². The number of amides is 1. The summed E-state index contributed by atoms with van der Waals surface area (Å²) in [5, 5.41) is 10.3. The van der Waals surface area contributed by atoms with Crippen LogP contribution in [0.15, 0.2) is 59.7 Å². The van der Waals surface area contributed by atoms with Crippen molar-refractivity contribution >= 4 is 16.8 Å². The third kappa shape index (κ3) is 4.12. The Morgan fingerprint density at radius 3 is 2.61 bits per heavy atom. The molecular formula is C22H25N3O3. The molecule has 1 atom stereocenters. The minimum atomic E-state index is -0.309. The standard InChI is InChI=1S/C22H25N3O3/c1-3-18(14-26)25(12-17-9-5-4-8-16(17)2)21(27)13-24-15-23-20-11-7-6-10-19(20)22(24)28/h4-11,15,18,26H,3,12-14H2,1-2H3/t18-/m0/s1. The predicted molar refractivity (Wildman–Crippen MR) is 109 cm³/mol. The van der Waals surface area contributed by atoms with Crippen molar-refractivity contribution in [3.63, 3.8) is 0 Å². The molecule has 0 saturated heterocycles. The molecule has 0 bridgehead atoms. The lowest BCUT2D eigenvalue weighted by Gasteiger charge is -2.31. The Labute approximate surface area is 164 Å². The summed E-state index contributed by atoms with van der Waals surface area (Å²) in [5.41, 5.74) is 2.46. The zero-order valence-corrected chi connectivity index (χ0v) is 16.2. The van der Waals surface area contributed by atoms with E-state index in [4.69, 9.17) is 0 Å². The SMILES string of the molecule is CC[C@@H](CO)N(Cc1ccccc1C)C(=O)Cn1cnc2ccccc2c1=O. The van der Waals surface area contributed by atoms with Crippen molar-refractivity contribution in [2.24, 2.45) is 0 Å². The molecule has 0 aliphatic carbocycles. The summed E-state index contributed by atoms with van der Waals surface area (Å²) in [4.78, 5) is 31.8. The number of benzene rings is 2. The molecule has 3 aromatic rings. The minimum absolute atomic E-state index is 0.112. The molecule has 28 heavy (non-hydrogen) atoms. The number of carbonyl (C=O) groups excluding carboxylic acids is 1. The highest BCUT2D eigenvalue weighted by atomic mass is 16.3. The third-order valence-corrected chi connectivity index (χ3v) is 5.08. The van der Waals surface area contributed by atoms with Crippen LogP contribution in [0.25, 0.3) is 10.9 Å². The first-order valence-corrected chi connectivity index (χ1v) is 9.44. The number of aromatic nitrogens is 2. The number of aryl methyl sites for hydroxylation is 1. The average Bonchev–Trinajstić information content (AvgIpc) is 2.71. The van der Waals surface area contributed by atoms with Crippen molar-refractivity contribution in [3.8, 4) is 0 Å². The van der Waals surface area contributed by atoms with E-state index in [1.807, 2.05) is 44.2 Å². The van der Waals surface area contributed by atoms with Gasteiger partial charge in [-0.1, -0.05) is 43.3 Å². The van der Waals surface area contributed by atoms with Gasteiger partial charge in [-0.15, -0.1) is 0 Å². The van der Waals surface area contributed by atoms with Gasteiger partial charge in [-0.3, -0.25) is 14.2 Å². The van der Waals surface area contributed by atoms with Crippen molar-refractivity contribution in [1.29, 1.82) is 0 Å². The summed E-state index contributed by atoms with van der Waals surface area (Å²) in [6.45, 7) is 4.08. The molecule has 1 amide bonds. The molecule has 0 fully saturated rings. The van der Waals surface area contributed by atoms with E-state index >= 15 is 0 Å². The van der Waals surface area contributed by atoms with Gasteiger partial charge in [0.05, 0.1) is 29.9 Å². The van der Waals surface area contributed by atoms with Crippen LogP contribution in [0.2, 0.25) is 0 Å². The lowest BCUT2D eigenvalue weighted by Crippen LogP contribution is -2.44. The zero-order chi connectivity index (χ0) is 20.1. The molecule has 0 unspecified atom stereocenters. The number of nitrogens with zero attached hydrogens (tertiary/aromatic N) is 3. The number of fused-ring (bicyclic) bond motifs is 1.